The van der Waals surface area contributed by atoms with Gasteiger partial charge in [-0.2, -0.15) is 5.26 Å². The zero-order valence-corrected chi connectivity index (χ0v) is 12.2. The summed E-state index contributed by atoms with van der Waals surface area (Å²) < 4.78 is 1.64. The van der Waals surface area contributed by atoms with Crippen LogP contribution in [-0.2, 0) is 0 Å². The Bertz CT molecular complexity index is 1090. The molecule has 3 heteroatoms. The summed E-state index contributed by atoms with van der Waals surface area (Å²) >= 11 is 0. The SMILES string of the molecule is N#Cc1ccc2c(ccn2C(=O)c2cccc3ccccc23)c1. The van der Waals surface area contributed by atoms with Crippen LogP contribution < -0.4 is 0 Å². The maximum atomic E-state index is 13.0. The molecule has 3 aromatic carbocycles. The third kappa shape index (κ3) is 2.09. The number of nitriles is 1. The molecule has 0 unspecified atom stereocenters. The number of benzene rings is 3. The van der Waals surface area contributed by atoms with Crippen LogP contribution in [0.5, 0.6) is 0 Å². The van der Waals surface area contributed by atoms with E-state index in [0.29, 0.717) is 11.1 Å². The molecule has 1 heterocycles. The van der Waals surface area contributed by atoms with Crippen LogP contribution in [0.15, 0.2) is 72.9 Å². The number of hydrogen-bond donors (Lipinski definition) is 0. The molecule has 0 radical (unpaired) electrons. The van der Waals surface area contributed by atoms with Gasteiger partial charge in [0.15, 0.2) is 0 Å². The lowest BCUT2D eigenvalue weighted by Crippen LogP contribution is -2.11. The standard InChI is InChI=1S/C20H12N2O/c21-13-14-8-9-19-16(12-14)10-11-22(19)20(23)18-7-3-5-15-4-1-2-6-17(15)18/h1-12H. The van der Waals surface area contributed by atoms with E-state index in [9.17, 15) is 4.79 Å². The van der Waals surface area contributed by atoms with E-state index in [4.69, 9.17) is 5.26 Å². The Morgan fingerprint density at radius 2 is 1.74 bits per heavy atom. The minimum atomic E-state index is -0.0680. The fraction of sp³-hybridized carbons (Fsp3) is 0. The second kappa shape index (κ2) is 5.11. The van der Waals surface area contributed by atoms with E-state index < -0.39 is 0 Å². The Hall–Kier alpha value is -3.38. The molecule has 4 rings (SSSR count). The Morgan fingerprint density at radius 3 is 2.61 bits per heavy atom. The maximum Gasteiger partial charge on any atom is 0.262 e. The lowest BCUT2D eigenvalue weighted by molar-refractivity contribution is 0.0966. The van der Waals surface area contributed by atoms with E-state index in [1.807, 2.05) is 54.6 Å². The molecular weight excluding hydrogens is 284 g/mol. The highest BCUT2D eigenvalue weighted by molar-refractivity contribution is 6.10. The highest BCUT2D eigenvalue weighted by Crippen LogP contribution is 2.23. The summed E-state index contributed by atoms with van der Waals surface area (Å²) in [4.78, 5) is 13.0. The summed E-state index contributed by atoms with van der Waals surface area (Å²) in [6.07, 6.45) is 1.76. The summed E-state index contributed by atoms with van der Waals surface area (Å²) in [5, 5.41) is 11.9. The van der Waals surface area contributed by atoms with Crippen molar-refractivity contribution in [3.63, 3.8) is 0 Å². The van der Waals surface area contributed by atoms with Gasteiger partial charge in [0.2, 0.25) is 0 Å². The van der Waals surface area contributed by atoms with Gasteiger partial charge in [0.25, 0.3) is 5.91 Å². The van der Waals surface area contributed by atoms with Crippen LogP contribution in [0, 0.1) is 11.3 Å². The largest absolute Gasteiger partial charge is 0.283 e. The van der Waals surface area contributed by atoms with Crippen LogP contribution in [-0.4, -0.2) is 10.5 Å². The monoisotopic (exact) mass is 296 g/mol. The van der Waals surface area contributed by atoms with Crippen molar-refractivity contribution in [1.29, 1.82) is 5.26 Å². The third-order valence-electron chi connectivity index (χ3n) is 4.06. The van der Waals surface area contributed by atoms with Gasteiger partial charge in [-0.15, -0.1) is 0 Å². The van der Waals surface area contributed by atoms with Crippen LogP contribution in [0.3, 0.4) is 0 Å². The normalized spacial score (nSPS) is 10.7. The Kier molecular flexibility index (Phi) is 2.96. The molecule has 0 saturated carbocycles. The molecule has 3 nitrogen and oxygen atoms in total. The van der Waals surface area contributed by atoms with E-state index in [1.54, 1.807) is 22.9 Å². The van der Waals surface area contributed by atoms with Gasteiger partial charge in [0, 0.05) is 17.1 Å². The predicted octanol–water partition coefficient (Wildman–Crippen LogP) is 4.35. The number of nitrogens with zero attached hydrogens (tertiary/aromatic N) is 2. The number of carbonyl (C=O) groups is 1. The molecule has 4 aromatic rings. The van der Waals surface area contributed by atoms with Crippen molar-refractivity contribution >= 4 is 27.6 Å². The van der Waals surface area contributed by atoms with Gasteiger partial charge in [0.1, 0.15) is 0 Å². The molecule has 0 aliphatic heterocycles. The highest BCUT2D eigenvalue weighted by atomic mass is 16.2. The smallest absolute Gasteiger partial charge is 0.262 e. The van der Waals surface area contributed by atoms with Crippen LogP contribution in [0.1, 0.15) is 15.9 Å². The van der Waals surface area contributed by atoms with Crippen molar-refractivity contribution in [3.8, 4) is 6.07 Å². The predicted molar refractivity (Wildman–Crippen MR) is 90.3 cm³/mol. The topological polar surface area (TPSA) is 45.8 Å². The van der Waals surface area contributed by atoms with Crippen LogP contribution in [0.2, 0.25) is 0 Å². The van der Waals surface area contributed by atoms with Crippen molar-refractivity contribution in [2.24, 2.45) is 0 Å². The van der Waals surface area contributed by atoms with Gasteiger partial charge < -0.3 is 0 Å². The van der Waals surface area contributed by atoms with E-state index in [0.717, 1.165) is 21.7 Å². The van der Waals surface area contributed by atoms with Crippen molar-refractivity contribution in [3.05, 3.63) is 84.1 Å². The van der Waals surface area contributed by atoms with Crippen LogP contribution >= 0.6 is 0 Å². The molecule has 23 heavy (non-hydrogen) atoms. The van der Waals surface area contributed by atoms with Gasteiger partial charge in [0.05, 0.1) is 17.1 Å². The molecule has 0 bridgehead atoms. The van der Waals surface area contributed by atoms with E-state index in [-0.39, 0.29) is 5.91 Å². The van der Waals surface area contributed by atoms with E-state index >= 15 is 0 Å². The molecule has 0 spiro atoms. The summed E-state index contributed by atoms with van der Waals surface area (Å²) in [7, 11) is 0. The second-order valence-electron chi connectivity index (χ2n) is 5.40. The number of carbonyl (C=O) groups excluding carboxylic acids is 1. The van der Waals surface area contributed by atoms with Crippen LogP contribution in [0.25, 0.3) is 21.7 Å². The quantitative estimate of drug-likeness (QED) is 0.524. The molecular formula is C20H12N2O. The first-order valence-corrected chi connectivity index (χ1v) is 7.31. The zero-order valence-electron chi connectivity index (χ0n) is 12.2. The molecule has 108 valence electrons. The summed E-state index contributed by atoms with van der Waals surface area (Å²) in [6, 6.07) is 22.9. The van der Waals surface area contributed by atoms with Gasteiger partial charge in [-0.25, -0.2) is 0 Å². The van der Waals surface area contributed by atoms with Gasteiger partial charge >= 0.3 is 0 Å². The minimum Gasteiger partial charge on any atom is -0.283 e. The molecule has 0 fully saturated rings. The molecule has 0 atom stereocenters. The average Bonchev–Trinajstić information content (AvgIpc) is 3.03. The fourth-order valence-electron chi connectivity index (χ4n) is 2.93. The molecule has 0 aliphatic carbocycles. The molecule has 1 aromatic heterocycles. The number of rotatable bonds is 1. The molecule has 0 N–H and O–H groups in total. The van der Waals surface area contributed by atoms with Gasteiger partial charge in [-0.1, -0.05) is 36.4 Å². The van der Waals surface area contributed by atoms with Gasteiger partial charge in [-0.05, 0) is 41.1 Å². The fourth-order valence-corrected chi connectivity index (χ4v) is 2.93. The lowest BCUT2D eigenvalue weighted by Gasteiger charge is -2.08. The van der Waals surface area contributed by atoms with E-state index in [2.05, 4.69) is 6.07 Å². The third-order valence-corrected chi connectivity index (χ3v) is 4.06. The maximum absolute atomic E-state index is 13.0. The summed E-state index contributed by atoms with van der Waals surface area (Å²) in [6.45, 7) is 0. The summed E-state index contributed by atoms with van der Waals surface area (Å²) in [5.41, 5.74) is 2.07. The first-order chi connectivity index (χ1) is 11.3. The zero-order chi connectivity index (χ0) is 15.8. The second-order valence-corrected chi connectivity index (χ2v) is 5.40. The first-order valence-electron chi connectivity index (χ1n) is 7.31. The first kappa shape index (κ1) is 13.3. The molecule has 0 amide bonds. The molecule has 0 aliphatic rings. The van der Waals surface area contributed by atoms with Crippen molar-refractivity contribution in [2.45, 2.75) is 0 Å². The average molecular weight is 296 g/mol. The molecule has 0 saturated heterocycles. The highest BCUT2D eigenvalue weighted by Gasteiger charge is 2.14. The van der Waals surface area contributed by atoms with Crippen molar-refractivity contribution in [1.82, 2.24) is 4.57 Å². The number of aromatic nitrogens is 1. The Morgan fingerprint density at radius 1 is 0.913 bits per heavy atom. The summed E-state index contributed by atoms with van der Waals surface area (Å²) in [5.74, 6) is -0.0680. The van der Waals surface area contributed by atoms with E-state index in [1.165, 1.54) is 0 Å². The van der Waals surface area contributed by atoms with Crippen molar-refractivity contribution in [2.75, 3.05) is 0 Å². The van der Waals surface area contributed by atoms with Gasteiger partial charge in [-0.3, -0.25) is 9.36 Å². The number of hydrogen-bond acceptors (Lipinski definition) is 2. The Labute approximate surface area is 133 Å². The minimum absolute atomic E-state index is 0.0680. The Balaban J connectivity index is 1.90. The van der Waals surface area contributed by atoms with Crippen LogP contribution in [0.4, 0.5) is 0 Å². The number of fused-ring (bicyclic) bond motifs is 2. The van der Waals surface area contributed by atoms with Crippen molar-refractivity contribution < 1.29 is 4.79 Å². The lowest BCUT2D eigenvalue weighted by atomic mass is 10.0.